The van der Waals surface area contributed by atoms with Crippen LogP contribution in [0, 0.1) is 0 Å². The second-order valence-electron chi connectivity index (χ2n) is 8.78. The fraction of sp³-hybridized carbons (Fsp3) is 0.636. The zero-order valence-corrected chi connectivity index (χ0v) is 20.2. The highest BCUT2D eigenvalue weighted by molar-refractivity contribution is 7.99. The number of fused-ring (bicyclic) bond motifs is 1. The molecule has 0 aliphatic heterocycles. The lowest BCUT2D eigenvalue weighted by atomic mass is 9.95. The molecule has 1 saturated carbocycles. The third-order valence-electron chi connectivity index (χ3n) is 5.45. The average Bonchev–Trinajstić information content (AvgIpc) is 3.35. The fourth-order valence-electron chi connectivity index (χ4n) is 3.93. The molecule has 1 amide bonds. The number of hydrogen-bond acceptors (Lipinski definition) is 7. The fourth-order valence-corrected chi connectivity index (χ4v) is 6.10. The van der Waals surface area contributed by atoms with Crippen molar-refractivity contribution in [2.75, 3.05) is 11.1 Å². The number of rotatable bonds is 8. The first-order chi connectivity index (χ1) is 14.8. The Balaban J connectivity index is 1.48. The Hall–Kier alpha value is -1.87. The number of nitrogens with one attached hydrogen (secondary N) is 1. The normalized spacial score (nSPS) is 15.9. The van der Waals surface area contributed by atoms with E-state index in [9.17, 15) is 9.59 Å². The van der Waals surface area contributed by atoms with Gasteiger partial charge in [0, 0.05) is 16.8 Å². The SMILES string of the molecule is CC(C)OC(=O)c1c(NC(=O)CSc2nnc(C3CC3)n2C(C)C)sc2c1CCCC2. The highest BCUT2D eigenvalue weighted by Gasteiger charge is 2.32. The van der Waals surface area contributed by atoms with Gasteiger partial charge in [0.25, 0.3) is 0 Å². The summed E-state index contributed by atoms with van der Waals surface area (Å²) < 4.78 is 7.62. The van der Waals surface area contributed by atoms with Crippen LogP contribution >= 0.6 is 23.1 Å². The zero-order valence-electron chi connectivity index (χ0n) is 18.6. The number of ether oxygens (including phenoxy) is 1. The van der Waals surface area contributed by atoms with Crippen LogP contribution in [0.15, 0.2) is 5.16 Å². The maximum absolute atomic E-state index is 12.8. The lowest BCUT2D eigenvalue weighted by Crippen LogP contribution is -2.19. The number of carbonyl (C=O) groups is 2. The number of aryl methyl sites for hydroxylation is 1. The summed E-state index contributed by atoms with van der Waals surface area (Å²) in [6, 6.07) is 0.248. The van der Waals surface area contributed by atoms with E-state index in [0.29, 0.717) is 16.5 Å². The second kappa shape index (κ2) is 9.32. The molecule has 0 spiro atoms. The van der Waals surface area contributed by atoms with E-state index in [1.807, 2.05) is 13.8 Å². The molecule has 0 atom stereocenters. The molecule has 0 radical (unpaired) electrons. The molecular formula is C22H30N4O3S2. The highest BCUT2D eigenvalue weighted by atomic mass is 32.2. The average molecular weight is 463 g/mol. The second-order valence-corrected chi connectivity index (χ2v) is 10.8. The minimum atomic E-state index is -0.342. The molecule has 2 aromatic heterocycles. The molecule has 0 bridgehead atoms. The highest BCUT2D eigenvalue weighted by Crippen LogP contribution is 2.41. The van der Waals surface area contributed by atoms with Gasteiger partial charge < -0.3 is 14.6 Å². The number of thiophene rings is 1. The third kappa shape index (κ3) is 4.98. The van der Waals surface area contributed by atoms with Crippen molar-refractivity contribution in [1.82, 2.24) is 14.8 Å². The Morgan fingerprint density at radius 3 is 2.61 bits per heavy atom. The van der Waals surface area contributed by atoms with Crippen molar-refractivity contribution in [1.29, 1.82) is 0 Å². The molecule has 2 aromatic rings. The minimum absolute atomic E-state index is 0.145. The van der Waals surface area contributed by atoms with E-state index in [2.05, 4.69) is 33.9 Å². The summed E-state index contributed by atoms with van der Waals surface area (Å²) in [6.07, 6.45) is 6.11. The lowest BCUT2D eigenvalue weighted by Gasteiger charge is -2.14. The summed E-state index contributed by atoms with van der Waals surface area (Å²) >= 11 is 2.91. The molecule has 31 heavy (non-hydrogen) atoms. The van der Waals surface area contributed by atoms with E-state index in [-0.39, 0.29) is 29.8 Å². The summed E-state index contributed by atoms with van der Waals surface area (Å²) in [6.45, 7) is 7.91. The van der Waals surface area contributed by atoms with E-state index in [1.165, 1.54) is 28.0 Å². The molecule has 0 unspecified atom stereocenters. The molecule has 2 aliphatic carbocycles. The van der Waals surface area contributed by atoms with Gasteiger partial charge in [-0.05, 0) is 71.8 Å². The number of nitrogens with zero attached hydrogens (tertiary/aromatic N) is 3. The van der Waals surface area contributed by atoms with Crippen LogP contribution in [0.1, 0.15) is 92.0 Å². The van der Waals surface area contributed by atoms with Crippen molar-refractivity contribution >= 4 is 40.0 Å². The van der Waals surface area contributed by atoms with Gasteiger partial charge in [0.1, 0.15) is 10.8 Å². The molecule has 1 N–H and O–H groups in total. The Kier molecular flexibility index (Phi) is 6.71. The standard InChI is InChI=1S/C22H30N4O3S2/c1-12(2)26-19(14-9-10-14)24-25-22(26)30-11-17(27)23-20-18(21(28)29-13(3)4)15-7-5-6-8-16(15)31-20/h12-14H,5-11H2,1-4H3,(H,23,27). The third-order valence-corrected chi connectivity index (χ3v) is 7.60. The van der Waals surface area contributed by atoms with E-state index < -0.39 is 0 Å². The molecule has 0 aromatic carbocycles. The molecule has 1 fully saturated rings. The van der Waals surface area contributed by atoms with Crippen LogP contribution in [0.5, 0.6) is 0 Å². The first-order valence-electron chi connectivity index (χ1n) is 11.1. The van der Waals surface area contributed by atoms with E-state index in [4.69, 9.17) is 4.74 Å². The first kappa shape index (κ1) is 22.3. The van der Waals surface area contributed by atoms with Crippen LogP contribution in [-0.4, -0.2) is 38.5 Å². The van der Waals surface area contributed by atoms with Crippen molar-refractivity contribution in [3.8, 4) is 0 Å². The van der Waals surface area contributed by atoms with Crippen molar-refractivity contribution in [3.05, 3.63) is 21.8 Å². The number of thioether (sulfide) groups is 1. The monoisotopic (exact) mass is 462 g/mol. The largest absolute Gasteiger partial charge is 0.459 e. The molecule has 4 rings (SSSR count). The van der Waals surface area contributed by atoms with Crippen molar-refractivity contribution in [3.63, 3.8) is 0 Å². The predicted octanol–water partition coefficient (Wildman–Crippen LogP) is 4.97. The van der Waals surface area contributed by atoms with Crippen LogP contribution in [0.3, 0.4) is 0 Å². The first-order valence-corrected chi connectivity index (χ1v) is 12.9. The van der Waals surface area contributed by atoms with Crippen LogP contribution in [0.25, 0.3) is 0 Å². The quantitative estimate of drug-likeness (QED) is 0.440. The zero-order chi connectivity index (χ0) is 22.1. The smallest absolute Gasteiger partial charge is 0.341 e. The number of amides is 1. The number of carbonyl (C=O) groups excluding carboxylic acids is 2. The van der Waals surface area contributed by atoms with Crippen molar-refractivity contribution in [2.45, 2.75) is 89.4 Å². The summed E-state index contributed by atoms with van der Waals surface area (Å²) in [4.78, 5) is 26.8. The summed E-state index contributed by atoms with van der Waals surface area (Å²) in [7, 11) is 0. The molecule has 2 aliphatic rings. The van der Waals surface area contributed by atoms with Crippen molar-refractivity contribution in [2.24, 2.45) is 0 Å². The summed E-state index contributed by atoms with van der Waals surface area (Å²) in [5.41, 5.74) is 1.60. The Bertz CT molecular complexity index is 976. The molecule has 0 saturated heterocycles. The maximum Gasteiger partial charge on any atom is 0.341 e. The Labute approximate surface area is 191 Å². The van der Waals surface area contributed by atoms with E-state index >= 15 is 0 Å². The molecule has 9 heteroatoms. The van der Waals surface area contributed by atoms with Crippen LogP contribution in [-0.2, 0) is 22.4 Å². The number of hydrogen-bond donors (Lipinski definition) is 1. The lowest BCUT2D eigenvalue weighted by molar-refractivity contribution is -0.113. The van der Waals surface area contributed by atoms with E-state index in [1.54, 1.807) is 0 Å². The van der Waals surface area contributed by atoms with Crippen molar-refractivity contribution < 1.29 is 14.3 Å². The molecular weight excluding hydrogens is 432 g/mol. The van der Waals surface area contributed by atoms with Gasteiger partial charge in [-0.1, -0.05) is 11.8 Å². The molecule has 7 nitrogen and oxygen atoms in total. The minimum Gasteiger partial charge on any atom is -0.459 e. The van der Waals surface area contributed by atoms with Crippen LogP contribution in [0.2, 0.25) is 0 Å². The number of esters is 1. The predicted molar refractivity (Wildman–Crippen MR) is 123 cm³/mol. The molecule has 2 heterocycles. The van der Waals surface area contributed by atoms with E-state index in [0.717, 1.165) is 55.1 Å². The number of aromatic nitrogens is 3. The maximum atomic E-state index is 12.8. The van der Waals surface area contributed by atoms with Gasteiger partial charge in [-0.15, -0.1) is 21.5 Å². The van der Waals surface area contributed by atoms with Gasteiger partial charge in [0.2, 0.25) is 5.91 Å². The van der Waals surface area contributed by atoms with Gasteiger partial charge >= 0.3 is 5.97 Å². The van der Waals surface area contributed by atoms with Gasteiger partial charge in [-0.25, -0.2) is 4.79 Å². The summed E-state index contributed by atoms with van der Waals surface area (Å²) in [5.74, 6) is 1.27. The number of anilines is 1. The van der Waals surface area contributed by atoms with Gasteiger partial charge in [-0.2, -0.15) is 0 Å². The van der Waals surface area contributed by atoms with Gasteiger partial charge in [0.15, 0.2) is 5.16 Å². The Morgan fingerprint density at radius 1 is 1.19 bits per heavy atom. The van der Waals surface area contributed by atoms with Crippen LogP contribution in [0.4, 0.5) is 5.00 Å². The van der Waals surface area contributed by atoms with Crippen LogP contribution < -0.4 is 5.32 Å². The van der Waals surface area contributed by atoms with Gasteiger partial charge in [0.05, 0.1) is 17.4 Å². The molecule has 168 valence electrons. The Morgan fingerprint density at radius 2 is 1.94 bits per heavy atom. The topological polar surface area (TPSA) is 86.1 Å². The summed E-state index contributed by atoms with van der Waals surface area (Å²) in [5, 5.41) is 13.1. The van der Waals surface area contributed by atoms with Gasteiger partial charge in [-0.3, -0.25) is 4.79 Å².